The number of amides is 2. The molecule has 0 unspecified atom stereocenters. The van der Waals surface area contributed by atoms with Crippen LogP contribution in [0.5, 0.6) is 5.75 Å². The summed E-state index contributed by atoms with van der Waals surface area (Å²) in [4.78, 5) is 28.3. The van der Waals surface area contributed by atoms with Gasteiger partial charge < -0.3 is 15.0 Å². The molecule has 1 atom stereocenters. The Morgan fingerprint density at radius 1 is 1.03 bits per heavy atom. The van der Waals surface area contributed by atoms with Gasteiger partial charge in [-0.2, -0.15) is 0 Å². The van der Waals surface area contributed by atoms with E-state index in [0.29, 0.717) is 12.2 Å². The van der Waals surface area contributed by atoms with Crippen LogP contribution < -0.4 is 14.4 Å². The van der Waals surface area contributed by atoms with Gasteiger partial charge in [-0.15, -0.1) is 0 Å². The summed E-state index contributed by atoms with van der Waals surface area (Å²) >= 11 is 6.35. The number of methoxy groups -OCH3 is 1. The highest BCUT2D eigenvalue weighted by atomic mass is 35.5. The van der Waals surface area contributed by atoms with Gasteiger partial charge in [0, 0.05) is 13.6 Å². The summed E-state index contributed by atoms with van der Waals surface area (Å²) in [7, 11) is -1.22. The number of sulfonamides is 1. The van der Waals surface area contributed by atoms with E-state index in [0.717, 1.165) is 21.0 Å². The van der Waals surface area contributed by atoms with Gasteiger partial charge in [-0.05, 0) is 61.7 Å². The van der Waals surface area contributed by atoms with E-state index in [-0.39, 0.29) is 28.1 Å². The summed E-state index contributed by atoms with van der Waals surface area (Å²) < 4.78 is 34.1. The van der Waals surface area contributed by atoms with Gasteiger partial charge in [0.05, 0.1) is 22.7 Å². The van der Waals surface area contributed by atoms with Gasteiger partial charge in [-0.25, -0.2) is 8.42 Å². The van der Waals surface area contributed by atoms with E-state index >= 15 is 0 Å². The van der Waals surface area contributed by atoms with E-state index in [1.54, 1.807) is 18.2 Å². The zero-order chi connectivity index (χ0) is 28.7. The first-order valence-corrected chi connectivity index (χ1v) is 14.3. The molecule has 0 aliphatic rings. The van der Waals surface area contributed by atoms with Crippen molar-refractivity contribution in [1.29, 1.82) is 0 Å². The monoisotopic (exact) mass is 571 g/mol. The fourth-order valence-electron chi connectivity index (χ4n) is 4.23. The quantitative estimate of drug-likeness (QED) is 0.359. The maximum atomic E-state index is 14.0. The third kappa shape index (κ3) is 6.91. The van der Waals surface area contributed by atoms with Crippen molar-refractivity contribution >= 4 is 39.1 Å². The number of ether oxygens (including phenoxy) is 1. The number of halogens is 1. The summed E-state index contributed by atoms with van der Waals surface area (Å²) in [6.07, 6.45) is 0.344. The number of anilines is 1. The molecule has 0 radical (unpaired) electrons. The van der Waals surface area contributed by atoms with Crippen LogP contribution in [0.4, 0.5) is 5.69 Å². The van der Waals surface area contributed by atoms with Crippen LogP contribution in [-0.2, 0) is 26.2 Å². The number of likely N-dealkylation sites (N-methyl/N-ethyl adjacent to an activating group) is 1. The molecular weight excluding hydrogens is 538 g/mol. The summed E-state index contributed by atoms with van der Waals surface area (Å²) in [6, 6.07) is 17.7. The SMILES string of the molecule is CC[C@H](C(=O)NC)N(Cc1ccccc1C)C(=O)CN(c1ccc(OC)c(Cl)c1)S(=O)(=O)c1ccc(C)cc1. The number of carbonyl (C=O) groups is 2. The van der Waals surface area contributed by atoms with Crippen molar-refractivity contribution in [3.8, 4) is 5.75 Å². The van der Waals surface area contributed by atoms with Crippen LogP contribution in [0, 0.1) is 13.8 Å². The number of hydrogen-bond acceptors (Lipinski definition) is 5. The first kappa shape index (κ1) is 30.0. The fourth-order valence-corrected chi connectivity index (χ4v) is 5.89. The van der Waals surface area contributed by atoms with Crippen molar-refractivity contribution in [2.24, 2.45) is 0 Å². The Kier molecular flexibility index (Phi) is 9.99. The lowest BCUT2D eigenvalue weighted by atomic mass is 10.1. The molecule has 0 saturated heterocycles. The highest BCUT2D eigenvalue weighted by molar-refractivity contribution is 7.92. The molecule has 208 valence electrons. The highest BCUT2D eigenvalue weighted by Gasteiger charge is 2.33. The Morgan fingerprint density at radius 3 is 2.26 bits per heavy atom. The van der Waals surface area contributed by atoms with Crippen LogP contribution in [0.1, 0.15) is 30.0 Å². The molecule has 1 N–H and O–H groups in total. The number of nitrogens with zero attached hydrogens (tertiary/aromatic N) is 2. The van der Waals surface area contributed by atoms with Crippen molar-refractivity contribution in [2.45, 2.75) is 44.7 Å². The lowest BCUT2D eigenvalue weighted by Gasteiger charge is -2.33. The zero-order valence-electron chi connectivity index (χ0n) is 22.8. The topological polar surface area (TPSA) is 96.0 Å². The van der Waals surface area contributed by atoms with Gasteiger partial charge in [0.1, 0.15) is 18.3 Å². The third-order valence-corrected chi connectivity index (χ3v) is 8.63. The minimum atomic E-state index is -4.19. The molecule has 8 nitrogen and oxygen atoms in total. The van der Waals surface area contributed by atoms with E-state index < -0.39 is 28.5 Å². The van der Waals surface area contributed by atoms with Gasteiger partial charge >= 0.3 is 0 Å². The molecule has 0 aromatic heterocycles. The van der Waals surface area contributed by atoms with Gasteiger partial charge in [-0.1, -0.05) is 60.5 Å². The lowest BCUT2D eigenvalue weighted by Crippen LogP contribution is -2.51. The highest BCUT2D eigenvalue weighted by Crippen LogP contribution is 2.32. The van der Waals surface area contributed by atoms with Crippen LogP contribution in [-0.4, -0.2) is 51.9 Å². The maximum Gasteiger partial charge on any atom is 0.264 e. The first-order chi connectivity index (χ1) is 18.5. The Morgan fingerprint density at radius 2 is 1.69 bits per heavy atom. The first-order valence-electron chi connectivity index (χ1n) is 12.5. The van der Waals surface area contributed by atoms with Crippen LogP contribution in [0.2, 0.25) is 5.02 Å². The minimum absolute atomic E-state index is 0.0247. The molecule has 0 aliphatic heterocycles. The van der Waals surface area contributed by atoms with Crippen molar-refractivity contribution in [3.63, 3.8) is 0 Å². The fraction of sp³-hybridized carbons (Fsp3) is 0.310. The normalized spacial score (nSPS) is 11.9. The van der Waals surface area contributed by atoms with E-state index in [2.05, 4.69) is 5.32 Å². The van der Waals surface area contributed by atoms with Crippen molar-refractivity contribution in [2.75, 3.05) is 25.0 Å². The second-order valence-electron chi connectivity index (χ2n) is 9.13. The maximum absolute atomic E-state index is 14.0. The molecular formula is C29H34ClN3O5S. The summed E-state index contributed by atoms with van der Waals surface area (Å²) in [5.74, 6) is -0.498. The number of nitrogens with one attached hydrogen (secondary N) is 1. The summed E-state index contributed by atoms with van der Waals surface area (Å²) in [5, 5.41) is 2.82. The van der Waals surface area contributed by atoms with Gasteiger partial charge in [0.25, 0.3) is 10.0 Å². The van der Waals surface area contributed by atoms with Gasteiger partial charge in [0.2, 0.25) is 11.8 Å². The number of rotatable bonds is 11. The average molecular weight is 572 g/mol. The van der Waals surface area contributed by atoms with Gasteiger partial charge in [-0.3, -0.25) is 13.9 Å². The van der Waals surface area contributed by atoms with Crippen LogP contribution in [0.3, 0.4) is 0 Å². The van der Waals surface area contributed by atoms with Crippen molar-refractivity contribution in [3.05, 3.63) is 88.4 Å². The Balaban J connectivity index is 2.11. The Hall–Kier alpha value is -3.56. The lowest BCUT2D eigenvalue weighted by molar-refractivity contribution is -0.140. The predicted molar refractivity (Wildman–Crippen MR) is 154 cm³/mol. The number of aryl methyl sites for hydroxylation is 2. The standard InChI is InChI=1S/C29H34ClN3O5S/c1-6-26(29(35)31-4)32(18-22-10-8-7-9-21(22)3)28(34)19-33(23-13-16-27(38-5)25(30)17-23)39(36,37)24-14-11-20(2)12-15-24/h7-17,26H,6,18-19H2,1-5H3,(H,31,35)/t26-/m1/s1. The molecule has 3 aromatic rings. The molecule has 0 spiro atoms. The molecule has 0 saturated carbocycles. The molecule has 2 amide bonds. The second-order valence-corrected chi connectivity index (χ2v) is 11.4. The zero-order valence-corrected chi connectivity index (χ0v) is 24.3. The van der Waals surface area contributed by atoms with E-state index in [1.165, 1.54) is 43.3 Å². The summed E-state index contributed by atoms with van der Waals surface area (Å²) in [6.45, 7) is 5.18. The molecule has 0 aliphatic carbocycles. The molecule has 10 heteroatoms. The van der Waals surface area contributed by atoms with Crippen LogP contribution in [0.15, 0.2) is 71.6 Å². The Labute approximate surface area is 235 Å². The van der Waals surface area contributed by atoms with Crippen molar-refractivity contribution in [1.82, 2.24) is 10.2 Å². The predicted octanol–water partition coefficient (Wildman–Crippen LogP) is 4.71. The average Bonchev–Trinajstić information content (AvgIpc) is 2.92. The number of hydrogen-bond donors (Lipinski definition) is 1. The van der Waals surface area contributed by atoms with Crippen LogP contribution >= 0.6 is 11.6 Å². The van der Waals surface area contributed by atoms with E-state index in [1.807, 2.05) is 45.0 Å². The molecule has 0 fully saturated rings. The molecule has 3 rings (SSSR count). The molecule has 0 heterocycles. The number of carbonyl (C=O) groups excluding carboxylic acids is 2. The Bertz CT molecular complexity index is 1430. The molecule has 39 heavy (non-hydrogen) atoms. The number of benzene rings is 3. The van der Waals surface area contributed by atoms with Crippen molar-refractivity contribution < 1.29 is 22.7 Å². The van der Waals surface area contributed by atoms with E-state index in [9.17, 15) is 18.0 Å². The third-order valence-electron chi connectivity index (χ3n) is 6.55. The molecule has 3 aromatic carbocycles. The molecule has 0 bridgehead atoms. The van der Waals surface area contributed by atoms with E-state index in [4.69, 9.17) is 16.3 Å². The minimum Gasteiger partial charge on any atom is -0.495 e. The van der Waals surface area contributed by atoms with Crippen LogP contribution in [0.25, 0.3) is 0 Å². The summed E-state index contributed by atoms with van der Waals surface area (Å²) in [5.41, 5.74) is 2.89. The largest absolute Gasteiger partial charge is 0.495 e. The second kappa shape index (κ2) is 13.0. The van der Waals surface area contributed by atoms with Gasteiger partial charge in [0.15, 0.2) is 0 Å². The smallest absolute Gasteiger partial charge is 0.264 e.